The van der Waals surface area contributed by atoms with Crippen LogP contribution in [0.25, 0.3) is 0 Å². The van der Waals surface area contributed by atoms with Gasteiger partial charge < -0.3 is 15.8 Å². The van der Waals surface area contributed by atoms with Gasteiger partial charge in [-0.15, -0.1) is 0 Å². The lowest BCUT2D eigenvalue weighted by molar-refractivity contribution is 0.466. The van der Waals surface area contributed by atoms with Crippen molar-refractivity contribution in [2.24, 2.45) is 0 Å². The largest absolute Gasteiger partial charge is 0.508 e. The van der Waals surface area contributed by atoms with Gasteiger partial charge in [-0.2, -0.15) is 0 Å². The van der Waals surface area contributed by atoms with E-state index < -0.39 is 0 Å². The molecule has 0 saturated heterocycles. The monoisotopic (exact) mass is 243 g/mol. The lowest BCUT2D eigenvalue weighted by Crippen LogP contribution is -2.21. The third kappa shape index (κ3) is 2.93. The number of hydrogen-bond acceptors (Lipinski definition) is 4. The zero-order valence-electron chi connectivity index (χ0n) is 10.3. The highest BCUT2D eigenvalue weighted by atomic mass is 16.3. The second-order valence-electron chi connectivity index (χ2n) is 3.90. The van der Waals surface area contributed by atoms with Crippen LogP contribution in [0, 0.1) is 0 Å². The maximum atomic E-state index is 9.81. The van der Waals surface area contributed by atoms with E-state index in [-0.39, 0.29) is 5.75 Å². The minimum absolute atomic E-state index is 0.282. The van der Waals surface area contributed by atoms with Gasteiger partial charge in [-0.1, -0.05) is 24.3 Å². The molecule has 18 heavy (non-hydrogen) atoms. The zero-order chi connectivity index (χ0) is 12.8. The lowest BCUT2D eigenvalue weighted by atomic mass is 10.1. The second kappa shape index (κ2) is 5.93. The Labute approximate surface area is 107 Å². The van der Waals surface area contributed by atoms with Crippen LogP contribution in [0.5, 0.6) is 5.75 Å². The summed E-state index contributed by atoms with van der Waals surface area (Å²) in [5.74, 6) is 0.282. The molecule has 0 aromatic heterocycles. The summed E-state index contributed by atoms with van der Waals surface area (Å²) in [5.41, 5.74) is 8.90. The number of benzene rings is 2. The molecule has 0 fully saturated rings. The Morgan fingerprint density at radius 3 is 2.50 bits per heavy atom. The summed E-state index contributed by atoms with van der Waals surface area (Å²) in [6.07, 6.45) is 0. The van der Waals surface area contributed by atoms with Crippen molar-refractivity contribution in [3.63, 3.8) is 0 Å². The molecule has 0 spiro atoms. The Hall–Kier alpha value is -2.20. The fourth-order valence-electron chi connectivity index (χ4n) is 1.75. The smallest absolute Gasteiger partial charge is 0.122 e. The first-order chi connectivity index (χ1) is 8.81. The van der Waals surface area contributed by atoms with Gasteiger partial charge in [-0.3, -0.25) is 0 Å². The van der Waals surface area contributed by atoms with Crippen molar-refractivity contribution >= 4 is 11.4 Å². The van der Waals surface area contributed by atoms with Crippen LogP contribution in [0.3, 0.4) is 0 Å². The maximum Gasteiger partial charge on any atom is 0.122 e. The Morgan fingerprint density at radius 2 is 1.78 bits per heavy atom. The second-order valence-corrected chi connectivity index (χ2v) is 3.90. The molecule has 0 amide bonds. The summed E-state index contributed by atoms with van der Waals surface area (Å²) in [6, 6.07) is 15.3. The van der Waals surface area contributed by atoms with E-state index >= 15 is 0 Å². The van der Waals surface area contributed by atoms with Crippen molar-refractivity contribution in [2.45, 2.75) is 6.54 Å². The first kappa shape index (κ1) is 12.3. The van der Waals surface area contributed by atoms with E-state index in [1.54, 1.807) is 6.07 Å². The van der Waals surface area contributed by atoms with E-state index in [9.17, 15) is 5.11 Å². The van der Waals surface area contributed by atoms with Crippen molar-refractivity contribution in [3.8, 4) is 5.75 Å². The summed E-state index contributed by atoms with van der Waals surface area (Å²) in [7, 11) is 1.84. The molecule has 0 saturated carbocycles. The fourth-order valence-corrected chi connectivity index (χ4v) is 1.75. The maximum absolute atomic E-state index is 9.81. The number of nitrogens with one attached hydrogen (secondary N) is 3. The lowest BCUT2D eigenvalue weighted by Gasteiger charge is -2.13. The predicted molar refractivity (Wildman–Crippen MR) is 74.6 cm³/mol. The molecule has 0 radical (unpaired) electrons. The fraction of sp³-hybridized carbons (Fsp3) is 0.143. The standard InChI is InChI=1S/C14H17N3O/c1-15-13-8-5-9-14(18)12(13)10-16-17-11-6-3-2-4-7-11/h2-9,15-18H,10H2,1H3. The van der Waals surface area contributed by atoms with Gasteiger partial charge in [0.05, 0.1) is 0 Å². The molecule has 0 unspecified atom stereocenters. The summed E-state index contributed by atoms with van der Waals surface area (Å²) in [4.78, 5) is 0. The van der Waals surface area contributed by atoms with Crippen LogP contribution < -0.4 is 16.2 Å². The van der Waals surface area contributed by atoms with Gasteiger partial charge in [0.15, 0.2) is 0 Å². The molecule has 0 aliphatic carbocycles. The van der Waals surface area contributed by atoms with Crippen LogP contribution in [0.4, 0.5) is 11.4 Å². The molecule has 0 heterocycles. The van der Waals surface area contributed by atoms with E-state index in [2.05, 4.69) is 16.2 Å². The first-order valence-electron chi connectivity index (χ1n) is 5.84. The van der Waals surface area contributed by atoms with Crippen LogP contribution in [0.2, 0.25) is 0 Å². The molecule has 0 aliphatic heterocycles. The molecule has 4 nitrogen and oxygen atoms in total. The molecular weight excluding hydrogens is 226 g/mol. The van der Waals surface area contributed by atoms with Crippen molar-refractivity contribution in [1.29, 1.82) is 0 Å². The van der Waals surface area contributed by atoms with Crippen molar-refractivity contribution in [1.82, 2.24) is 5.43 Å². The van der Waals surface area contributed by atoms with Crippen molar-refractivity contribution in [3.05, 3.63) is 54.1 Å². The highest BCUT2D eigenvalue weighted by Crippen LogP contribution is 2.24. The zero-order valence-corrected chi connectivity index (χ0v) is 10.3. The SMILES string of the molecule is CNc1cccc(O)c1CNNc1ccccc1. The summed E-state index contributed by atoms with van der Waals surface area (Å²) in [6.45, 7) is 0.526. The summed E-state index contributed by atoms with van der Waals surface area (Å²) < 4.78 is 0. The van der Waals surface area contributed by atoms with E-state index in [4.69, 9.17) is 0 Å². The number of phenolic OH excluding ortho intramolecular Hbond substituents is 1. The van der Waals surface area contributed by atoms with Crippen LogP contribution in [-0.4, -0.2) is 12.2 Å². The minimum Gasteiger partial charge on any atom is -0.508 e. The molecule has 2 aromatic carbocycles. The van der Waals surface area contributed by atoms with Gasteiger partial charge in [0.25, 0.3) is 0 Å². The summed E-state index contributed by atoms with van der Waals surface area (Å²) in [5, 5.41) is 12.9. The quantitative estimate of drug-likeness (QED) is 0.610. The topological polar surface area (TPSA) is 56.3 Å². The molecule has 0 bridgehead atoms. The van der Waals surface area contributed by atoms with E-state index in [1.165, 1.54) is 0 Å². The number of rotatable bonds is 5. The van der Waals surface area contributed by atoms with Crippen LogP contribution in [0.1, 0.15) is 5.56 Å². The Kier molecular flexibility index (Phi) is 4.04. The Bertz CT molecular complexity index is 500. The van der Waals surface area contributed by atoms with Gasteiger partial charge in [-0.05, 0) is 24.3 Å². The molecule has 2 aromatic rings. The van der Waals surface area contributed by atoms with Crippen molar-refractivity contribution < 1.29 is 5.11 Å². The number of phenols is 1. The van der Waals surface area contributed by atoms with E-state index in [0.717, 1.165) is 16.9 Å². The predicted octanol–water partition coefficient (Wildman–Crippen LogP) is 2.55. The average molecular weight is 243 g/mol. The highest BCUT2D eigenvalue weighted by molar-refractivity contribution is 5.56. The number of aromatic hydroxyl groups is 1. The highest BCUT2D eigenvalue weighted by Gasteiger charge is 2.05. The molecular formula is C14H17N3O. The first-order valence-corrected chi connectivity index (χ1v) is 5.84. The van der Waals surface area contributed by atoms with Crippen LogP contribution in [0.15, 0.2) is 48.5 Å². The molecule has 2 rings (SSSR count). The summed E-state index contributed by atoms with van der Waals surface area (Å²) >= 11 is 0. The number of hydrazine groups is 1. The molecule has 0 aliphatic rings. The van der Waals surface area contributed by atoms with Crippen molar-refractivity contribution in [2.75, 3.05) is 17.8 Å². The van der Waals surface area contributed by atoms with Gasteiger partial charge in [0, 0.05) is 30.5 Å². The minimum atomic E-state index is 0.282. The van der Waals surface area contributed by atoms with Gasteiger partial charge in [0.1, 0.15) is 5.75 Å². The number of hydrogen-bond donors (Lipinski definition) is 4. The molecule has 0 atom stereocenters. The van der Waals surface area contributed by atoms with E-state index in [1.807, 2.05) is 49.5 Å². The number of anilines is 2. The van der Waals surface area contributed by atoms with Gasteiger partial charge >= 0.3 is 0 Å². The molecule has 94 valence electrons. The third-order valence-corrected chi connectivity index (χ3v) is 2.69. The van der Waals surface area contributed by atoms with Crippen LogP contribution in [-0.2, 0) is 6.54 Å². The molecule has 4 N–H and O–H groups in total. The normalized spacial score (nSPS) is 10.1. The molecule has 4 heteroatoms. The van der Waals surface area contributed by atoms with Crippen LogP contribution >= 0.6 is 0 Å². The Balaban J connectivity index is 1.98. The van der Waals surface area contributed by atoms with Gasteiger partial charge in [-0.25, -0.2) is 5.43 Å². The van der Waals surface area contributed by atoms with Gasteiger partial charge in [0.2, 0.25) is 0 Å². The third-order valence-electron chi connectivity index (χ3n) is 2.69. The Morgan fingerprint density at radius 1 is 1.00 bits per heavy atom. The van der Waals surface area contributed by atoms with E-state index in [0.29, 0.717) is 6.54 Å². The average Bonchev–Trinajstić information content (AvgIpc) is 2.41. The number of para-hydroxylation sites is 1.